The Hall–Kier alpha value is -2.65. The number of sulfone groups is 1. The van der Waals surface area contributed by atoms with E-state index < -0.39 is 9.84 Å². The summed E-state index contributed by atoms with van der Waals surface area (Å²) >= 11 is 1.63. The van der Waals surface area contributed by atoms with Gasteiger partial charge in [-0.2, -0.15) is 0 Å². The SMILES string of the molecule is CCOc1ccc2nc(N3CCN(C(=O)CCCS(=O)(=O)c4ccccc4)CC3)sc2c1. The van der Waals surface area contributed by atoms with Gasteiger partial charge in [0.2, 0.25) is 5.91 Å². The molecular weight excluding hydrogens is 446 g/mol. The van der Waals surface area contributed by atoms with Gasteiger partial charge in [0.05, 0.1) is 27.5 Å². The summed E-state index contributed by atoms with van der Waals surface area (Å²) < 4.78 is 31.4. The molecule has 3 aromatic rings. The van der Waals surface area contributed by atoms with E-state index in [4.69, 9.17) is 9.72 Å². The first-order chi connectivity index (χ1) is 15.5. The molecule has 1 aromatic heterocycles. The van der Waals surface area contributed by atoms with Gasteiger partial charge in [0.15, 0.2) is 15.0 Å². The normalized spacial score (nSPS) is 14.7. The Morgan fingerprint density at radius 2 is 1.84 bits per heavy atom. The predicted molar refractivity (Wildman–Crippen MR) is 127 cm³/mol. The lowest BCUT2D eigenvalue weighted by Crippen LogP contribution is -2.48. The van der Waals surface area contributed by atoms with Gasteiger partial charge in [-0.1, -0.05) is 29.5 Å². The number of benzene rings is 2. The van der Waals surface area contributed by atoms with Gasteiger partial charge >= 0.3 is 0 Å². The Morgan fingerprint density at radius 1 is 1.09 bits per heavy atom. The summed E-state index contributed by atoms with van der Waals surface area (Å²) in [7, 11) is -3.35. The van der Waals surface area contributed by atoms with Crippen LogP contribution in [0.2, 0.25) is 0 Å². The Labute approximate surface area is 192 Å². The fraction of sp³-hybridized carbons (Fsp3) is 0.391. The maximum atomic E-state index is 12.6. The molecule has 1 saturated heterocycles. The molecule has 4 rings (SSSR count). The maximum Gasteiger partial charge on any atom is 0.222 e. The van der Waals surface area contributed by atoms with Gasteiger partial charge in [-0.05, 0) is 43.7 Å². The van der Waals surface area contributed by atoms with Crippen molar-refractivity contribution in [1.29, 1.82) is 0 Å². The Morgan fingerprint density at radius 3 is 2.56 bits per heavy atom. The van der Waals surface area contributed by atoms with E-state index in [1.165, 1.54) is 0 Å². The number of hydrogen-bond acceptors (Lipinski definition) is 7. The van der Waals surface area contributed by atoms with E-state index in [0.717, 1.165) is 21.1 Å². The highest BCUT2D eigenvalue weighted by Gasteiger charge is 2.23. The molecule has 170 valence electrons. The second-order valence-electron chi connectivity index (χ2n) is 7.66. The van der Waals surface area contributed by atoms with Gasteiger partial charge < -0.3 is 14.5 Å². The average molecular weight is 474 g/mol. The van der Waals surface area contributed by atoms with E-state index in [-0.39, 0.29) is 18.1 Å². The van der Waals surface area contributed by atoms with Crippen molar-refractivity contribution in [2.75, 3.05) is 43.4 Å². The van der Waals surface area contributed by atoms with Crippen LogP contribution >= 0.6 is 11.3 Å². The van der Waals surface area contributed by atoms with Crippen molar-refractivity contribution < 1.29 is 17.9 Å². The molecule has 9 heteroatoms. The summed E-state index contributed by atoms with van der Waals surface area (Å²) in [6, 6.07) is 14.3. The molecule has 0 bridgehead atoms. The molecule has 1 amide bonds. The largest absolute Gasteiger partial charge is 0.494 e. The van der Waals surface area contributed by atoms with Gasteiger partial charge in [0.1, 0.15) is 5.75 Å². The fourth-order valence-electron chi connectivity index (χ4n) is 3.75. The van der Waals surface area contributed by atoms with Crippen LogP contribution in [0, 0.1) is 0 Å². The highest BCUT2D eigenvalue weighted by atomic mass is 32.2. The number of aromatic nitrogens is 1. The lowest BCUT2D eigenvalue weighted by atomic mass is 10.2. The number of fused-ring (bicyclic) bond motifs is 1. The summed E-state index contributed by atoms with van der Waals surface area (Å²) in [4.78, 5) is 21.7. The first-order valence-corrected chi connectivity index (χ1v) is 13.3. The van der Waals surface area contributed by atoms with Crippen LogP contribution in [0.15, 0.2) is 53.4 Å². The Balaban J connectivity index is 1.28. The number of rotatable bonds is 8. The lowest BCUT2D eigenvalue weighted by Gasteiger charge is -2.34. The topological polar surface area (TPSA) is 79.8 Å². The van der Waals surface area contributed by atoms with Crippen molar-refractivity contribution in [3.05, 3.63) is 48.5 Å². The molecule has 7 nitrogen and oxygen atoms in total. The Bertz CT molecular complexity index is 1170. The third kappa shape index (κ3) is 5.21. The second kappa shape index (κ2) is 9.87. The molecule has 2 aromatic carbocycles. The van der Waals surface area contributed by atoms with Crippen molar-refractivity contribution in [2.24, 2.45) is 0 Å². The predicted octanol–water partition coefficient (Wildman–Crippen LogP) is 3.60. The number of amides is 1. The summed E-state index contributed by atoms with van der Waals surface area (Å²) in [5.74, 6) is 0.844. The van der Waals surface area contributed by atoms with Crippen molar-refractivity contribution in [3.63, 3.8) is 0 Å². The molecule has 0 atom stereocenters. The first kappa shape index (κ1) is 22.5. The molecule has 0 spiro atoms. The minimum atomic E-state index is -3.35. The zero-order valence-corrected chi connectivity index (χ0v) is 19.7. The van der Waals surface area contributed by atoms with Crippen molar-refractivity contribution in [1.82, 2.24) is 9.88 Å². The highest BCUT2D eigenvalue weighted by Crippen LogP contribution is 2.32. The maximum absolute atomic E-state index is 12.6. The van der Waals surface area contributed by atoms with Crippen molar-refractivity contribution in [2.45, 2.75) is 24.7 Å². The van der Waals surface area contributed by atoms with E-state index >= 15 is 0 Å². The van der Waals surface area contributed by atoms with Crippen LogP contribution in [-0.2, 0) is 14.6 Å². The molecule has 2 heterocycles. The van der Waals surface area contributed by atoms with Crippen molar-refractivity contribution >= 4 is 42.4 Å². The standard InChI is InChI=1S/C23H27N3O4S2/c1-2-30-18-10-11-20-21(17-18)31-23(24-20)26-14-12-25(13-15-26)22(27)9-6-16-32(28,29)19-7-4-3-5-8-19/h3-5,7-8,10-11,17H,2,6,9,12-16H2,1H3. The number of hydrogen-bond donors (Lipinski definition) is 0. The molecular formula is C23H27N3O4S2. The number of carbonyl (C=O) groups is 1. The van der Waals surface area contributed by atoms with Crippen LogP contribution in [0.1, 0.15) is 19.8 Å². The zero-order chi connectivity index (χ0) is 22.6. The zero-order valence-electron chi connectivity index (χ0n) is 18.1. The number of thiazole rings is 1. The van der Waals surface area contributed by atoms with Gasteiger partial charge in [0, 0.05) is 32.6 Å². The van der Waals surface area contributed by atoms with Crippen LogP contribution in [0.5, 0.6) is 5.75 Å². The summed E-state index contributed by atoms with van der Waals surface area (Å²) in [5, 5.41) is 0.953. The number of nitrogens with zero attached hydrogens (tertiary/aromatic N) is 3. The molecule has 0 unspecified atom stereocenters. The fourth-order valence-corrected chi connectivity index (χ4v) is 6.13. The molecule has 32 heavy (non-hydrogen) atoms. The number of ether oxygens (including phenoxy) is 1. The van der Waals surface area contributed by atoms with Gasteiger partial charge in [-0.3, -0.25) is 4.79 Å². The van der Waals surface area contributed by atoms with E-state index in [1.54, 1.807) is 41.7 Å². The molecule has 0 saturated carbocycles. The van der Waals surface area contributed by atoms with Gasteiger partial charge in [0.25, 0.3) is 0 Å². The van der Waals surface area contributed by atoms with E-state index in [9.17, 15) is 13.2 Å². The third-order valence-corrected chi connectivity index (χ3v) is 8.36. The van der Waals surface area contributed by atoms with E-state index in [0.29, 0.717) is 44.1 Å². The summed E-state index contributed by atoms with van der Waals surface area (Å²) in [5.41, 5.74) is 0.951. The number of anilines is 1. The van der Waals surface area contributed by atoms with Crippen LogP contribution in [-0.4, -0.2) is 62.7 Å². The monoisotopic (exact) mass is 473 g/mol. The lowest BCUT2D eigenvalue weighted by molar-refractivity contribution is -0.131. The summed E-state index contributed by atoms with van der Waals surface area (Å²) in [6.07, 6.45) is 0.573. The molecule has 0 N–H and O–H groups in total. The van der Waals surface area contributed by atoms with E-state index in [1.807, 2.05) is 30.0 Å². The van der Waals surface area contributed by atoms with Crippen LogP contribution in [0.3, 0.4) is 0 Å². The molecule has 1 aliphatic heterocycles. The first-order valence-electron chi connectivity index (χ1n) is 10.8. The molecule has 0 aliphatic carbocycles. The van der Waals surface area contributed by atoms with Gasteiger partial charge in [-0.25, -0.2) is 13.4 Å². The molecule has 0 radical (unpaired) electrons. The summed E-state index contributed by atoms with van der Waals surface area (Å²) in [6.45, 7) is 5.25. The van der Waals surface area contributed by atoms with Crippen LogP contribution < -0.4 is 9.64 Å². The highest BCUT2D eigenvalue weighted by molar-refractivity contribution is 7.91. The van der Waals surface area contributed by atoms with Crippen molar-refractivity contribution in [3.8, 4) is 5.75 Å². The smallest absolute Gasteiger partial charge is 0.222 e. The molecule has 1 fully saturated rings. The van der Waals surface area contributed by atoms with E-state index in [2.05, 4.69) is 4.90 Å². The van der Waals surface area contributed by atoms with Gasteiger partial charge in [-0.15, -0.1) is 0 Å². The third-order valence-electron chi connectivity index (χ3n) is 5.47. The Kier molecular flexibility index (Phi) is 6.95. The average Bonchev–Trinajstić information content (AvgIpc) is 3.23. The van der Waals surface area contributed by atoms with Crippen LogP contribution in [0.4, 0.5) is 5.13 Å². The number of piperazine rings is 1. The van der Waals surface area contributed by atoms with Crippen LogP contribution in [0.25, 0.3) is 10.2 Å². The minimum absolute atomic E-state index is 0.0126. The minimum Gasteiger partial charge on any atom is -0.494 e. The quantitative estimate of drug-likeness (QED) is 0.497. The number of carbonyl (C=O) groups excluding carboxylic acids is 1. The molecule has 1 aliphatic rings. The second-order valence-corrected chi connectivity index (χ2v) is 10.8.